The number of nitrogens with zero attached hydrogens (tertiary/aromatic N) is 1. The molecule has 6 nitrogen and oxygen atoms in total. The molecule has 1 fully saturated rings. The number of aromatic carboxylic acids is 1. The van der Waals surface area contributed by atoms with Crippen molar-refractivity contribution in [3.8, 4) is 0 Å². The molecule has 2 rings (SSSR count). The van der Waals surface area contributed by atoms with E-state index in [9.17, 15) is 9.59 Å². The van der Waals surface area contributed by atoms with E-state index in [2.05, 4.69) is 15.6 Å². The van der Waals surface area contributed by atoms with E-state index in [0.717, 1.165) is 12.8 Å². The van der Waals surface area contributed by atoms with Crippen molar-refractivity contribution in [2.45, 2.75) is 31.7 Å². The van der Waals surface area contributed by atoms with Crippen LogP contribution in [0.4, 0.5) is 5.82 Å². The van der Waals surface area contributed by atoms with Crippen molar-refractivity contribution in [3.05, 3.63) is 22.8 Å². The summed E-state index contributed by atoms with van der Waals surface area (Å²) in [6.07, 6.45) is 3.15. The van der Waals surface area contributed by atoms with E-state index in [1.54, 1.807) is 0 Å². The number of rotatable bonds is 7. The first-order valence-electron chi connectivity index (χ1n) is 6.49. The largest absolute Gasteiger partial charge is 0.478 e. The lowest BCUT2D eigenvalue weighted by Gasteiger charge is -2.09. The molecular formula is C13H16ClN3O3. The van der Waals surface area contributed by atoms with Gasteiger partial charge in [-0.2, -0.15) is 0 Å². The first-order chi connectivity index (χ1) is 9.56. The van der Waals surface area contributed by atoms with Crippen LogP contribution in [0.25, 0.3) is 0 Å². The molecule has 0 radical (unpaired) electrons. The third-order valence-corrected chi connectivity index (χ3v) is 3.12. The Labute approximate surface area is 121 Å². The zero-order valence-electron chi connectivity index (χ0n) is 10.9. The summed E-state index contributed by atoms with van der Waals surface area (Å²) in [5, 5.41) is 15.0. The second kappa shape index (κ2) is 6.56. The molecular weight excluding hydrogens is 282 g/mol. The van der Waals surface area contributed by atoms with E-state index in [1.165, 1.54) is 12.1 Å². The van der Waals surface area contributed by atoms with Crippen LogP contribution in [-0.4, -0.2) is 34.6 Å². The van der Waals surface area contributed by atoms with E-state index < -0.39 is 5.97 Å². The van der Waals surface area contributed by atoms with E-state index in [0.29, 0.717) is 25.4 Å². The van der Waals surface area contributed by atoms with Gasteiger partial charge in [0, 0.05) is 19.0 Å². The Morgan fingerprint density at radius 1 is 1.40 bits per heavy atom. The van der Waals surface area contributed by atoms with Gasteiger partial charge in [-0.15, -0.1) is 0 Å². The molecule has 0 spiro atoms. The molecule has 20 heavy (non-hydrogen) atoms. The Hall–Kier alpha value is -1.82. The molecule has 0 aliphatic heterocycles. The van der Waals surface area contributed by atoms with Gasteiger partial charge < -0.3 is 15.7 Å². The highest BCUT2D eigenvalue weighted by Gasteiger charge is 2.22. The molecule has 1 aromatic rings. The summed E-state index contributed by atoms with van der Waals surface area (Å²) in [6, 6.07) is 3.20. The van der Waals surface area contributed by atoms with Crippen molar-refractivity contribution in [1.82, 2.24) is 10.3 Å². The Bertz CT molecular complexity index is 518. The number of nitrogens with one attached hydrogen (secondary N) is 2. The van der Waals surface area contributed by atoms with E-state index in [4.69, 9.17) is 16.7 Å². The fraction of sp³-hybridized carbons (Fsp3) is 0.462. The maximum atomic E-state index is 11.5. The average Bonchev–Trinajstić information content (AvgIpc) is 3.18. The molecule has 1 heterocycles. The number of hydrogen-bond acceptors (Lipinski definition) is 4. The number of carboxylic acids is 1. The molecule has 1 aromatic heterocycles. The van der Waals surface area contributed by atoms with Gasteiger partial charge in [-0.1, -0.05) is 11.6 Å². The number of halogens is 1. The Balaban J connectivity index is 1.79. The van der Waals surface area contributed by atoms with Crippen LogP contribution >= 0.6 is 11.6 Å². The predicted molar refractivity (Wildman–Crippen MR) is 75.1 cm³/mol. The first-order valence-corrected chi connectivity index (χ1v) is 6.87. The first kappa shape index (κ1) is 14.6. The lowest BCUT2D eigenvalue weighted by molar-refractivity contribution is -0.121. The highest BCUT2D eigenvalue weighted by Crippen LogP contribution is 2.19. The zero-order chi connectivity index (χ0) is 14.5. The Morgan fingerprint density at radius 2 is 2.15 bits per heavy atom. The molecule has 0 unspecified atom stereocenters. The molecule has 1 amide bonds. The molecule has 108 valence electrons. The summed E-state index contributed by atoms with van der Waals surface area (Å²) in [4.78, 5) is 26.4. The Kier molecular flexibility index (Phi) is 4.79. The van der Waals surface area contributed by atoms with Gasteiger partial charge in [-0.05, 0) is 31.4 Å². The molecule has 0 aromatic carbocycles. The van der Waals surface area contributed by atoms with Crippen molar-refractivity contribution in [1.29, 1.82) is 0 Å². The third kappa shape index (κ3) is 4.38. The maximum Gasteiger partial charge on any atom is 0.339 e. The number of carbonyl (C=O) groups excluding carboxylic acids is 1. The van der Waals surface area contributed by atoms with Gasteiger partial charge in [0.05, 0.1) is 0 Å². The van der Waals surface area contributed by atoms with Gasteiger partial charge in [-0.3, -0.25) is 4.79 Å². The van der Waals surface area contributed by atoms with Gasteiger partial charge in [-0.25, -0.2) is 9.78 Å². The number of pyridine rings is 1. The number of carboxylic acid groups (broad SMARTS) is 1. The summed E-state index contributed by atoms with van der Waals surface area (Å²) in [7, 11) is 0. The van der Waals surface area contributed by atoms with Crippen LogP contribution in [0.15, 0.2) is 12.1 Å². The SMILES string of the molecule is O=C(CCCNc1nc(Cl)ccc1C(=O)O)NC1CC1. The molecule has 1 aliphatic rings. The molecule has 0 saturated heterocycles. The van der Waals surface area contributed by atoms with Gasteiger partial charge in [0.25, 0.3) is 0 Å². The van der Waals surface area contributed by atoms with Gasteiger partial charge >= 0.3 is 5.97 Å². The standard InChI is InChI=1S/C13H16ClN3O3/c14-10-6-5-9(13(19)20)12(17-10)15-7-1-2-11(18)16-8-3-4-8/h5-6,8H,1-4,7H2,(H,15,17)(H,16,18)(H,19,20). The van der Waals surface area contributed by atoms with Crippen molar-refractivity contribution >= 4 is 29.3 Å². The van der Waals surface area contributed by atoms with E-state index >= 15 is 0 Å². The molecule has 0 bridgehead atoms. The van der Waals surface area contributed by atoms with Crippen molar-refractivity contribution in [2.24, 2.45) is 0 Å². The van der Waals surface area contributed by atoms with Crippen molar-refractivity contribution < 1.29 is 14.7 Å². The normalized spacial score (nSPS) is 13.8. The summed E-state index contributed by atoms with van der Waals surface area (Å²) >= 11 is 5.74. The second-order valence-electron chi connectivity index (χ2n) is 4.71. The number of carbonyl (C=O) groups is 2. The summed E-state index contributed by atoms with van der Waals surface area (Å²) < 4.78 is 0. The summed E-state index contributed by atoms with van der Waals surface area (Å²) in [5.41, 5.74) is 0.0665. The topological polar surface area (TPSA) is 91.3 Å². The second-order valence-corrected chi connectivity index (χ2v) is 5.09. The predicted octanol–water partition coefficient (Wildman–Crippen LogP) is 1.90. The van der Waals surface area contributed by atoms with Crippen LogP contribution < -0.4 is 10.6 Å². The van der Waals surface area contributed by atoms with Crippen LogP contribution in [0.5, 0.6) is 0 Å². The summed E-state index contributed by atoms with van der Waals surface area (Å²) in [5.74, 6) is -0.803. The maximum absolute atomic E-state index is 11.5. The lowest BCUT2D eigenvalue weighted by Crippen LogP contribution is -2.25. The Morgan fingerprint density at radius 3 is 2.80 bits per heavy atom. The van der Waals surface area contributed by atoms with Crippen LogP contribution in [0.2, 0.25) is 5.15 Å². The van der Waals surface area contributed by atoms with Gasteiger partial charge in [0.15, 0.2) is 0 Å². The quantitative estimate of drug-likeness (QED) is 0.528. The monoisotopic (exact) mass is 297 g/mol. The van der Waals surface area contributed by atoms with Gasteiger partial charge in [0.2, 0.25) is 5.91 Å². The van der Waals surface area contributed by atoms with Crippen LogP contribution in [0.1, 0.15) is 36.0 Å². The van der Waals surface area contributed by atoms with Crippen LogP contribution in [0, 0.1) is 0 Å². The molecule has 1 aliphatic carbocycles. The number of hydrogen-bond donors (Lipinski definition) is 3. The highest BCUT2D eigenvalue weighted by atomic mass is 35.5. The lowest BCUT2D eigenvalue weighted by atomic mass is 10.2. The van der Waals surface area contributed by atoms with Crippen molar-refractivity contribution in [2.75, 3.05) is 11.9 Å². The van der Waals surface area contributed by atoms with Crippen LogP contribution in [-0.2, 0) is 4.79 Å². The molecule has 1 saturated carbocycles. The number of aromatic nitrogens is 1. The fourth-order valence-corrected chi connectivity index (χ4v) is 1.87. The minimum absolute atomic E-state index is 0.0341. The number of anilines is 1. The fourth-order valence-electron chi connectivity index (χ4n) is 1.73. The minimum atomic E-state index is -1.07. The zero-order valence-corrected chi connectivity index (χ0v) is 11.6. The molecule has 7 heteroatoms. The van der Waals surface area contributed by atoms with Crippen LogP contribution in [0.3, 0.4) is 0 Å². The highest BCUT2D eigenvalue weighted by molar-refractivity contribution is 6.29. The van der Waals surface area contributed by atoms with Gasteiger partial charge in [0.1, 0.15) is 16.5 Å². The number of amides is 1. The molecule has 3 N–H and O–H groups in total. The molecule has 0 atom stereocenters. The average molecular weight is 298 g/mol. The van der Waals surface area contributed by atoms with Crippen molar-refractivity contribution in [3.63, 3.8) is 0 Å². The van der Waals surface area contributed by atoms with E-state index in [1.807, 2.05) is 0 Å². The summed E-state index contributed by atoms with van der Waals surface area (Å²) in [6.45, 7) is 0.464. The smallest absolute Gasteiger partial charge is 0.339 e. The third-order valence-electron chi connectivity index (χ3n) is 2.91. The minimum Gasteiger partial charge on any atom is -0.478 e. The van der Waals surface area contributed by atoms with E-state index in [-0.39, 0.29) is 22.4 Å².